The van der Waals surface area contributed by atoms with Crippen LogP contribution < -0.4 is 31.8 Å². The summed E-state index contributed by atoms with van der Waals surface area (Å²) in [5, 5.41) is 47.7. The first-order valence-electron chi connectivity index (χ1n) is 23.8. The summed E-state index contributed by atoms with van der Waals surface area (Å²) in [6, 6.07) is 70.3. The molecule has 8 N–H and O–H groups in total. The molecule has 0 aliphatic carbocycles. The van der Waals surface area contributed by atoms with Crippen LogP contribution in [0.1, 0.15) is 34.8 Å². The van der Waals surface area contributed by atoms with E-state index in [4.69, 9.17) is 10.2 Å². The van der Waals surface area contributed by atoms with Gasteiger partial charge in [-0.05, 0) is 56.6 Å². The Labute approximate surface area is 544 Å². The van der Waals surface area contributed by atoms with Gasteiger partial charge in [-0.1, -0.05) is 194 Å². The average molecular weight is 1490 g/mol. The molecular formula is C60H54F6O8P2S2Yb2. The van der Waals surface area contributed by atoms with Crippen molar-refractivity contribution in [3.05, 3.63) is 239 Å². The number of benzene rings is 8. The Morgan fingerprint density at radius 2 is 0.650 bits per heavy atom. The molecule has 0 aliphatic rings. The molecule has 0 saturated heterocycles. The normalized spacial score (nSPS) is 13.0. The Morgan fingerprint density at radius 3 is 0.912 bits per heavy atom. The van der Waals surface area contributed by atoms with Gasteiger partial charge in [-0.3, -0.25) is 0 Å². The minimum atomic E-state index is -4.67. The Hall–Kier alpha value is -3.48. The van der Waals surface area contributed by atoms with Crippen molar-refractivity contribution < 1.29 is 161 Å². The molecule has 0 amide bonds. The Balaban J connectivity index is 0.000000356. The molecule has 8 aromatic carbocycles. The second-order valence-electron chi connectivity index (χ2n) is 17.6. The molecule has 10 aromatic rings. The zero-order valence-electron chi connectivity index (χ0n) is 41.8. The fourth-order valence-corrected chi connectivity index (χ4v) is 16.1. The smallest absolute Gasteiger partial charge is 0.412 e. The van der Waals surface area contributed by atoms with Gasteiger partial charge >= 0.3 is 12.4 Å². The van der Waals surface area contributed by atoms with Crippen LogP contribution in [0.2, 0.25) is 0 Å². The summed E-state index contributed by atoms with van der Waals surface area (Å²) in [6.07, 6.45) is -18.2. The van der Waals surface area contributed by atoms with Gasteiger partial charge in [-0.15, -0.1) is 22.7 Å². The first-order valence-corrected chi connectivity index (χ1v) is 29.0. The van der Waals surface area contributed by atoms with Crippen molar-refractivity contribution in [2.75, 3.05) is 0 Å². The zero-order chi connectivity index (χ0) is 54.1. The molecular weight excluding hydrogens is 1430 g/mol. The van der Waals surface area contributed by atoms with Crippen molar-refractivity contribution in [2.24, 2.45) is 0 Å². The summed E-state index contributed by atoms with van der Waals surface area (Å²) in [6.45, 7) is 0. The van der Waals surface area contributed by atoms with Gasteiger partial charge in [0.15, 0.2) is 26.5 Å². The van der Waals surface area contributed by atoms with Crippen molar-refractivity contribution in [3.63, 3.8) is 0 Å². The first kappa shape index (κ1) is 69.0. The number of fused-ring (bicyclic) bond motifs is 2. The van der Waals surface area contributed by atoms with Crippen molar-refractivity contribution >= 4 is 90.3 Å². The number of thiophene rings is 2. The number of hydrogen-bond donors (Lipinski definition) is 4. The monoisotopic (exact) mass is 1490 g/mol. The number of aliphatic hydroxyl groups is 4. The van der Waals surface area contributed by atoms with E-state index in [0.29, 0.717) is 9.75 Å². The Morgan fingerprint density at radius 1 is 0.375 bits per heavy atom. The maximum absolute atomic E-state index is 16.2. The molecule has 0 saturated carbocycles. The minimum absolute atomic E-state index is 0. The summed E-state index contributed by atoms with van der Waals surface area (Å²) >= 11 is 2.31. The summed E-state index contributed by atoms with van der Waals surface area (Å²) < 4.78 is 104. The fraction of sp³-hybridized carbons (Fsp3) is 0.133. The molecule has 4 unspecified atom stereocenters. The van der Waals surface area contributed by atoms with Crippen LogP contribution in [0.4, 0.5) is 26.3 Å². The molecule has 0 radical (unpaired) electrons. The average Bonchev–Trinajstić information content (AvgIpc) is 4.00. The van der Waals surface area contributed by atoms with Crippen molar-refractivity contribution in [3.8, 4) is 11.1 Å². The maximum Gasteiger partial charge on any atom is 0.414 e. The van der Waals surface area contributed by atoms with Gasteiger partial charge < -0.3 is 40.5 Å². The van der Waals surface area contributed by atoms with Crippen LogP contribution >= 0.6 is 37.0 Å². The second-order valence-corrected chi connectivity index (χ2v) is 25.0. The van der Waals surface area contributed by atoms with Gasteiger partial charge in [0, 0.05) is 159 Å². The summed E-state index contributed by atoms with van der Waals surface area (Å²) in [4.78, 5) is 0.849. The van der Waals surface area contributed by atoms with Crippen LogP contribution in [0, 0.1) is 93.8 Å². The van der Waals surface area contributed by atoms with Crippen molar-refractivity contribution in [1.82, 2.24) is 0 Å². The van der Waals surface area contributed by atoms with Crippen LogP contribution in [-0.4, -0.2) is 55.9 Å². The molecule has 2 heterocycles. The predicted molar refractivity (Wildman–Crippen MR) is 305 cm³/mol. The van der Waals surface area contributed by atoms with Gasteiger partial charge in [-0.25, -0.2) is 0 Å². The Bertz CT molecular complexity index is 3250. The van der Waals surface area contributed by atoms with Gasteiger partial charge in [0.1, 0.15) is 0 Å². The molecule has 8 nitrogen and oxygen atoms in total. The molecule has 20 heteroatoms. The van der Waals surface area contributed by atoms with E-state index in [2.05, 4.69) is 36.4 Å². The number of alkyl halides is 6. The van der Waals surface area contributed by atoms with Crippen molar-refractivity contribution in [2.45, 2.75) is 49.6 Å². The molecule has 0 aliphatic heterocycles. The van der Waals surface area contributed by atoms with Crippen LogP contribution in [0.3, 0.4) is 0 Å². The van der Waals surface area contributed by atoms with Gasteiger partial charge in [0.25, 0.3) is 0 Å². The molecule has 0 bridgehead atoms. The van der Waals surface area contributed by atoms with Crippen LogP contribution in [0.25, 0.3) is 32.7 Å². The van der Waals surface area contributed by atoms with E-state index < -0.39 is 63.9 Å². The van der Waals surface area contributed by atoms with E-state index in [9.17, 15) is 36.6 Å². The molecule has 0 spiro atoms. The molecule has 80 heavy (non-hydrogen) atoms. The number of hydrogen-bond acceptors (Lipinski definition) is 8. The molecule has 0 fully saturated rings. The largest absolute Gasteiger partial charge is 0.414 e. The third kappa shape index (κ3) is 16.0. The summed E-state index contributed by atoms with van der Waals surface area (Å²) in [7, 11) is -6.94. The van der Waals surface area contributed by atoms with Gasteiger partial charge in [0.05, 0.1) is 12.2 Å². The molecule has 4 atom stereocenters. The van der Waals surface area contributed by atoms with Gasteiger partial charge in [0.2, 0.25) is 0 Å². The Kier molecular flexibility index (Phi) is 26.6. The molecule has 10 rings (SSSR count). The van der Waals surface area contributed by atoms with Crippen LogP contribution in [0.5, 0.6) is 0 Å². The SMILES string of the molecule is O.O.O=P(c1ccccc1)(c1ccccc1)c1ccc2ccccc2c1-c1c(P(=O)(c2ccccc2)c2ccccc2)ccc2ccccc12.OC(CC(O)C(F)(F)F)c1cccs1.OC(CC(O)C(F)(F)F)c1cccs1.[Yb].[Yb]. The second kappa shape index (κ2) is 30.9. The number of halogens is 6. The topological polar surface area (TPSA) is 178 Å². The zero-order valence-corrected chi connectivity index (χ0v) is 48.6. The maximum atomic E-state index is 16.2. The molecule has 2 aromatic heterocycles. The standard InChI is InChI=1S/C44H32O2P2.2C8H9F3O2S.2H2O.2Yb/c45-47(35-19-5-1-6-20-35,36-21-7-2-8-22-36)41-31-29-33-17-13-15-27-39(33)43(41)44-40-28-16-14-18-34(40)30-32-42(44)48(46,37-23-9-3-10-24-37)38-25-11-4-12-26-38;2*9-8(10,11)7(13)4-5(12)6-2-1-3-14-6;;;;/h1-32H;2*1-3,5,7,12-13H,4H2;2*1H2;;. The summed E-state index contributed by atoms with van der Waals surface area (Å²) in [5.74, 6) is 0. The predicted octanol–water partition coefficient (Wildman–Crippen LogP) is 11.5. The first-order chi connectivity index (χ1) is 36.4. The van der Waals surface area contributed by atoms with E-state index in [0.717, 1.165) is 87.2 Å². The molecule has 434 valence electrons. The van der Waals surface area contributed by atoms with E-state index in [1.807, 2.05) is 158 Å². The van der Waals surface area contributed by atoms with E-state index in [1.54, 1.807) is 22.9 Å². The third-order valence-electron chi connectivity index (χ3n) is 12.6. The minimum Gasteiger partial charge on any atom is -0.412 e. The van der Waals surface area contributed by atoms with Crippen LogP contribution in [-0.2, 0) is 9.13 Å². The quantitative estimate of drug-likeness (QED) is 0.0659. The van der Waals surface area contributed by atoms with E-state index in [-0.39, 0.29) is 105 Å². The summed E-state index contributed by atoms with van der Waals surface area (Å²) in [5.41, 5.74) is 1.70. The number of rotatable bonds is 13. The number of aliphatic hydroxyl groups excluding tert-OH is 4. The van der Waals surface area contributed by atoms with E-state index >= 15 is 9.13 Å². The third-order valence-corrected chi connectivity index (χ3v) is 20.8. The van der Waals surface area contributed by atoms with E-state index in [1.165, 1.54) is 12.1 Å². The van der Waals surface area contributed by atoms with Gasteiger partial charge in [-0.2, -0.15) is 26.3 Å². The van der Waals surface area contributed by atoms with Crippen molar-refractivity contribution in [1.29, 1.82) is 0 Å². The van der Waals surface area contributed by atoms with Crippen LogP contribution in [0.15, 0.2) is 229 Å². The fourth-order valence-electron chi connectivity index (χ4n) is 8.86.